The first-order valence-corrected chi connectivity index (χ1v) is 4.97. The van der Waals surface area contributed by atoms with E-state index >= 15 is 0 Å². The average molecular weight is 162 g/mol. The molecule has 1 aliphatic carbocycles. The number of hydrogen-bond donors (Lipinski definition) is 0. The van der Waals surface area contributed by atoms with Crippen LogP contribution in [0, 0.1) is 0 Å². The van der Waals surface area contributed by atoms with Crippen molar-refractivity contribution >= 4 is 0 Å². The minimum absolute atomic E-state index is 1.18. The second kappa shape index (κ2) is 6.90. The van der Waals surface area contributed by atoms with Crippen molar-refractivity contribution in [2.45, 2.75) is 38.5 Å². The summed E-state index contributed by atoms with van der Waals surface area (Å²) in [5, 5.41) is 0. The summed E-state index contributed by atoms with van der Waals surface area (Å²) in [6, 6.07) is 0. The van der Waals surface area contributed by atoms with Gasteiger partial charge in [0.05, 0.1) is 0 Å². The van der Waals surface area contributed by atoms with Crippen molar-refractivity contribution in [2.75, 3.05) is 0 Å². The van der Waals surface area contributed by atoms with Crippen LogP contribution < -0.4 is 0 Å². The maximum absolute atomic E-state index is 2.32. The SMILES string of the molecule is C1=C\CC/C=C\CCCC/C=C/1. The highest BCUT2D eigenvalue weighted by Gasteiger charge is 1.84. The maximum atomic E-state index is 2.32. The molecule has 12 heavy (non-hydrogen) atoms. The van der Waals surface area contributed by atoms with Crippen LogP contribution in [-0.2, 0) is 0 Å². The van der Waals surface area contributed by atoms with E-state index < -0.39 is 0 Å². The van der Waals surface area contributed by atoms with E-state index in [2.05, 4.69) is 36.5 Å². The van der Waals surface area contributed by atoms with Gasteiger partial charge in [-0.3, -0.25) is 0 Å². The molecule has 0 saturated carbocycles. The smallest absolute Gasteiger partial charge is 0.0313 e. The molecule has 0 heterocycles. The van der Waals surface area contributed by atoms with Gasteiger partial charge < -0.3 is 0 Å². The monoisotopic (exact) mass is 162 g/mol. The lowest BCUT2D eigenvalue weighted by molar-refractivity contribution is 0.760. The lowest BCUT2D eigenvalue weighted by Crippen LogP contribution is -1.74. The maximum Gasteiger partial charge on any atom is -0.0313 e. The highest BCUT2D eigenvalue weighted by Crippen LogP contribution is 2.04. The fourth-order valence-corrected chi connectivity index (χ4v) is 1.30. The fourth-order valence-electron chi connectivity index (χ4n) is 1.30. The van der Waals surface area contributed by atoms with Crippen LogP contribution in [0.2, 0.25) is 0 Å². The molecule has 0 amide bonds. The fraction of sp³-hybridized carbons (Fsp3) is 0.500. The summed E-state index contributed by atoms with van der Waals surface area (Å²) < 4.78 is 0. The van der Waals surface area contributed by atoms with Crippen molar-refractivity contribution in [3.63, 3.8) is 0 Å². The van der Waals surface area contributed by atoms with Crippen LogP contribution in [0.25, 0.3) is 0 Å². The lowest BCUT2D eigenvalue weighted by atomic mass is 10.1. The summed E-state index contributed by atoms with van der Waals surface area (Å²) in [6.07, 6.45) is 21.0. The molecule has 0 aromatic carbocycles. The van der Waals surface area contributed by atoms with Gasteiger partial charge in [0, 0.05) is 0 Å². The summed E-state index contributed by atoms with van der Waals surface area (Å²) in [7, 11) is 0. The Bertz CT molecular complexity index is 172. The zero-order valence-electron chi connectivity index (χ0n) is 7.71. The van der Waals surface area contributed by atoms with E-state index in [9.17, 15) is 0 Å². The molecule has 0 bridgehead atoms. The summed E-state index contributed by atoms with van der Waals surface area (Å²) in [6.45, 7) is 0. The van der Waals surface area contributed by atoms with Crippen molar-refractivity contribution in [3.05, 3.63) is 36.5 Å². The third kappa shape index (κ3) is 4.95. The Morgan fingerprint density at radius 3 is 1.83 bits per heavy atom. The number of rotatable bonds is 0. The van der Waals surface area contributed by atoms with Crippen molar-refractivity contribution in [1.82, 2.24) is 0 Å². The van der Waals surface area contributed by atoms with Gasteiger partial charge in [-0.1, -0.05) is 36.5 Å². The zero-order chi connectivity index (χ0) is 8.49. The molecule has 0 aromatic heterocycles. The Morgan fingerprint density at radius 1 is 0.500 bits per heavy atom. The van der Waals surface area contributed by atoms with Crippen LogP contribution in [0.15, 0.2) is 36.5 Å². The molecule has 0 aliphatic heterocycles. The van der Waals surface area contributed by atoms with Gasteiger partial charge in [-0.15, -0.1) is 0 Å². The Hall–Kier alpha value is -0.780. The van der Waals surface area contributed by atoms with Gasteiger partial charge in [0.25, 0.3) is 0 Å². The van der Waals surface area contributed by atoms with Crippen molar-refractivity contribution in [3.8, 4) is 0 Å². The molecular formula is C12H18. The summed E-state index contributed by atoms with van der Waals surface area (Å²) >= 11 is 0. The highest BCUT2D eigenvalue weighted by molar-refractivity contribution is 5.03. The van der Waals surface area contributed by atoms with E-state index in [1.54, 1.807) is 0 Å². The van der Waals surface area contributed by atoms with E-state index in [1.807, 2.05) is 0 Å². The normalized spacial score (nSPS) is 28.0. The molecule has 0 spiro atoms. The molecule has 0 saturated heterocycles. The van der Waals surface area contributed by atoms with Gasteiger partial charge in [0.1, 0.15) is 0 Å². The average Bonchev–Trinajstić information content (AvgIpc) is 2.05. The summed E-state index contributed by atoms with van der Waals surface area (Å²) in [5.41, 5.74) is 0. The number of hydrogen-bond acceptors (Lipinski definition) is 0. The van der Waals surface area contributed by atoms with Gasteiger partial charge in [0.15, 0.2) is 0 Å². The van der Waals surface area contributed by atoms with Crippen LogP contribution in [-0.4, -0.2) is 0 Å². The van der Waals surface area contributed by atoms with Gasteiger partial charge in [-0.05, 0) is 38.5 Å². The Labute approximate surface area is 75.7 Å². The lowest BCUT2D eigenvalue weighted by Gasteiger charge is -1.94. The van der Waals surface area contributed by atoms with E-state index in [1.165, 1.54) is 38.5 Å². The molecule has 0 radical (unpaired) electrons. The first-order valence-electron chi connectivity index (χ1n) is 4.97. The van der Waals surface area contributed by atoms with Gasteiger partial charge in [0.2, 0.25) is 0 Å². The van der Waals surface area contributed by atoms with Gasteiger partial charge >= 0.3 is 0 Å². The second-order valence-corrected chi connectivity index (χ2v) is 3.19. The largest absolute Gasteiger partial charge is 0.0885 e. The molecule has 0 unspecified atom stereocenters. The predicted octanol–water partition coefficient (Wildman–Crippen LogP) is 4.01. The third-order valence-electron chi connectivity index (χ3n) is 2.04. The van der Waals surface area contributed by atoms with E-state index in [4.69, 9.17) is 0 Å². The molecular weight excluding hydrogens is 144 g/mol. The molecule has 0 atom stereocenters. The third-order valence-corrected chi connectivity index (χ3v) is 2.04. The van der Waals surface area contributed by atoms with Crippen molar-refractivity contribution < 1.29 is 0 Å². The van der Waals surface area contributed by atoms with E-state index in [0.717, 1.165) is 0 Å². The molecule has 1 rings (SSSR count). The van der Waals surface area contributed by atoms with Crippen LogP contribution in [0.5, 0.6) is 0 Å². The van der Waals surface area contributed by atoms with Crippen molar-refractivity contribution in [2.24, 2.45) is 0 Å². The summed E-state index contributed by atoms with van der Waals surface area (Å²) in [5.74, 6) is 0. The number of allylic oxidation sites excluding steroid dienone is 6. The first kappa shape index (κ1) is 9.31. The van der Waals surface area contributed by atoms with E-state index in [0.29, 0.717) is 0 Å². The van der Waals surface area contributed by atoms with Gasteiger partial charge in [-0.25, -0.2) is 0 Å². The zero-order valence-corrected chi connectivity index (χ0v) is 7.71. The van der Waals surface area contributed by atoms with Crippen LogP contribution in [0.3, 0.4) is 0 Å². The molecule has 66 valence electrons. The Morgan fingerprint density at radius 2 is 1.00 bits per heavy atom. The Kier molecular flexibility index (Phi) is 5.35. The summed E-state index contributed by atoms with van der Waals surface area (Å²) in [4.78, 5) is 0. The van der Waals surface area contributed by atoms with Crippen LogP contribution >= 0.6 is 0 Å². The van der Waals surface area contributed by atoms with E-state index in [-0.39, 0.29) is 0 Å². The molecule has 1 aliphatic rings. The predicted molar refractivity (Wildman–Crippen MR) is 55.1 cm³/mol. The molecule has 0 heteroatoms. The first-order chi connectivity index (χ1) is 6.00. The molecule has 0 N–H and O–H groups in total. The highest BCUT2D eigenvalue weighted by atomic mass is 13.9. The second-order valence-electron chi connectivity index (χ2n) is 3.19. The van der Waals surface area contributed by atoms with Crippen LogP contribution in [0.1, 0.15) is 38.5 Å². The van der Waals surface area contributed by atoms with Crippen LogP contribution in [0.4, 0.5) is 0 Å². The quantitative estimate of drug-likeness (QED) is 0.472. The Balaban J connectivity index is 2.31. The van der Waals surface area contributed by atoms with Gasteiger partial charge in [-0.2, -0.15) is 0 Å². The standard InChI is InChI=1S/C12H18/c1-2-4-6-8-10-12-11-9-7-5-3-1/h1-4,9,11H,5-8,10,12H2/b3-1-,4-2+,11-9-. The topological polar surface area (TPSA) is 0 Å². The molecule has 0 fully saturated rings. The minimum atomic E-state index is 1.18. The van der Waals surface area contributed by atoms with Crippen molar-refractivity contribution in [1.29, 1.82) is 0 Å². The minimum Gasteiger partial charge on any atom is -0.0885 e. The molecule has 0 nitrogen and oxygen atoms in total. The molecule has 0 aromatic rings.